The van der Waals surface area contributed by atoms with Gasteiger partial charge in [-0.25, -0.2) is 28.2 Å². The van der Waals surface area contributed by atoms with Crippen LogP contribution in [0.4, 0.5) is 14.6 Å². The van der Waals surface area contributed by atoms with E-state index < -0.39 is 16.2 Å². The Morgan fingerprint density at radius 2 is 2.10 bits per heavy atom. The quantitative estimate of drug-likeness (QED) is 0.659. The molecule has 3 unspecified atom stereocenters. The van der Waals surface area contributed by atoms with Gasteiger partial charge in [0.05, 0.1) is 11.9 Å². The molecule has 160 valence electrons. The van der Waals surface area contributed by atoms with Gasteiger partial charge in [0.2, 0.25) is 0 Å². The average molecular weight is 436 g/mol. The number of alkyl halides is 2. The summed E-state index contributed by atoms with van der Waals surface area (Å²) in [6.45, 7) is 2.85. The number of anilines is 1. The summed E-state index contributed by atoms with van der Waals surface area (Å²) >= 11 is 0. The molecule has 0 amide bonds. The minimum Gasteiger partial charge on any atom is -0.353 e. The molecule has 8 nitrogen and oxygen atoms in total. The molecule has 11 heteroatoms. The molecule has 0 spiro atoms. The van der Waals surface area contributed by atoms with E-state index >= 15 is 0 Å². The van der Waals surface area contributed by atoms with Crippen molar-refractivity contribution in [3.8, 4) is 11.4 Å². The standard InChI is InChI=1S/C19H23F2N7OS/c1-12-13(10-30(2,22)29)4-3-7-27(12)18-8-15(24-11-25-18)16-9-23-17-6-5-14(19(20)21)26-28(16)17/h5-6,8-9,11-13,19,22H,3-4,7,10H2,1-2H3. The Morgan fingerprint density at radius 3 is 2.83 bits per heavy atom. The number of nitrogens with one attached hydrogen (secondary N) is 1. The monoisotopic (exact) mass is 435 g/mol. The highest BCUT2D eigenvalue weighted by Gasteiger charge is 2.30. The van der Waals surface area contributed by atoms with Crippen molar-refractivity contribution in [3.05, 3.63) is 36.4 Å². The summed E-state index contributed by atoms with van der Waals surface area (Å²) in [7, 11) is -2.58. The van der Waals surface area contributed by atoms with Crippen LogP contribution < -0.4 is 4.90 Å². The van der Waals surface area contributed by atoms with Crippen LogP contribution in [0, 0.1) is 10.7 Å². The Morgan fingerprint density at radius 1 is 1.30 bits per heavy atom. The predicted octanol–water partition coefficient (Wildman–Crippen LogP) is 3.41. The third-order valence-electron chi connectivity index (χ3n) is 5.50. The van der Waals surface area contributed by atoms with Gasteiger partial charge in [0.15, 0.2) is 5.65 Å². The molecule has 30 heavy (non-hydrogen) atoms. The topological polar surface area (TPSA) is 100 Å². The highest BCUT2D eigenvalue weighted by atomic mass is 32.2. The molecule has 0 bridgehead atoms. The van der Waals surface area contributed by atoms with E-state index in [1.54, 1.807) is 12.3 Å². The zero-order valence-corrected chi connectivity index (χ0v) is 17.5. The van der Waals surface area contributed by atoms with Crippen LogP contribution in [0.2, 0.25) is 0 Å². The Labute approximate surface area is 173 Å². The fraction of sp³-hybridized carbons (Fsp3) is 0.474. The van der Waals surface area contributed by atoms with Crippen LogP contribution in [0.3, 0.4) is 0 Å². The molecule has 3 atom stereocenters. The molecule has 0 aliphatic carbocycles. The van der Waals surface area contributed by atoms with Crippen LogP contribution in [0.1, 0.15) is 31.9 Å². The fourth-order valence-corrected chi connectivity index (χ4v) is 5.26. The summed E-state index contributed by atoms with van der Waals surface area (Å²) < 4.78 is 47.3. The molecule has 1 saturated heterocycles. The predicted molar refractivity (Wildman–Crippen MR) is 110 cm³/mol. The first-order chi connectivity index (χ1) is 14.2. The number of aromatic nitrogens is 5. The van der Waals surface area contributed by atoms with E-state index in [9.17, 15) is 13.0 Å². The Hall–Kier alpha value is -2.69. The third-order valence-corrected chi connectivity index (χ3v) is 6.56. The molecule has 0 radical (unpaired) electrons. The molecule has 0 saturated carbocycles. The minimum atomic E-state index is -2.68. The largest absolute Gasteiger partial charge is 0.353 e. The van der Waals surface area contributed by atoms with Crippen molar-refractivity contribution in [1.29, 1.82) is 4.78 Å². The first-order valence-electron chi connectivity index (χ1n) is 9.66. The van der Waals surface area contributed by atoms with E-state index in [0.29, 0.717) is 28.6 Å². The molecular formula is C19H23F2N7OS. The fourth-order valence-electron chi connectivity index (χ4n) is 4.00. The normalized spacial score (nSPS) is 21.8. The van der Waals surface area contributed by atoms with Crippen LogP contribution >= 0.6 is 0 Å². The highest BCUT2D eigenvalue weighted by molar-refractivity contribution is 7.91. The molecule has 1 fully saturated rings. The van der Waals surface area contributed by atoms with E-state index in [-0.39, 0.29) is 17.7 Å². The van der Waals surface area contributed by atoms with Gasteiger partial charge in [-0.05, 0) is 37.8 Å². The number of fused-ring (bicyclic) bond motifs is 1. The summed E-state index contributed by atoms with van der Waals surface area (Å²) in [5, 5.41) is 4.00. The number of halogens is 2. The van der Waals surface area contributed by atoms with Gasteiger partial charge in [-0.2, -0.15) is 5.10 Å². The summed E-state index contributed by atoms with van der Waals surface area (Å²) in [5.74, 6) is 1.19. The van der Waals surface area contributed by atoms with Crippen molar-refractivity contribution in [2.75, 3.05) is 23.5 Å². The number of nitrogens with zero attached hydrogens (tertiary/aromatic N) is 6. The maximum absolute atomic E-state index is 13.1. The van der Waals surface area contributed by atoms with Gasteiger partial charge in [-0.3, -0.25) is 8.99 Å². The van der Waals surface area contributed by atoms with Gasteiger partial charge >= 0.3 is 0 Å². The van der Waals surface area contributed by atoms with Crippen LogP contribution in [-0.2, 0) is 9.73 Å². The van der Waals surface area contributed by atoms with Crippen LogP contribution in [-0.4, -0.2) is 53.4 Å². The maximum atomic E-state index is 13.1. The average Bonchev–Trinajstić information content (AvgIpc) is 3.12. The smallest absolute Gasteiger partial charge is 0.282 e. The highest BCUT2D eigenvalue weighted by Crippen LogP contribution is 2.30. The van der Waals surface area contributed by atoms with E-state index in [0.717, 1.165) is 19.4 Å². The molecular weight excluding hydrogens is 412 g/mol. The molecule has 1 aliphatic rings. The Kier molecular flexibility index (Phi) is 5.39. The second-order valence-corrected chi connectivity index (χ2v) is 10.1. The first-order valence-corrected chi connectivity index (χ1v) is 11.8. The zero-order chi connectivity index (χ0) is 21.5. The molecule has 4 rings (SSSR count). The number of hydrogen-bond donors (Lipinski definition) is 1. The maximum Gasteiger partial charge on any atom is 0.282 e. The Balaban J connectivity index is 1.68. The summed E-state index contributed by atoms with van der Waals surface area (Å²) in [6.07, 6.45) is 3.63. The summed E-state index contributed by atoms with van der Waals surface area (Å²) in [6, 6.07) is 4.62. The first kappa shape index (κ1) is 20.6. The van der Waals surface area contributed by atoms with Crippen molar-refractivity contribution in [3.63, 3.8) is 0 Å². The van der Waals surface area contributed by atoms with Crippen molar-refractivity contribution >= 4 is 21.2 Å². The molecule has 0 aromatic carbocycles. The second kappa shape index (κ2) is 7.86. The van der Waals surface area contributed by atoms with Crippen molar-refractivity contribution < 1.29 is 13.0 Å². The molecule has 4 heterocycles. The van der Waals surface area contributed by atoms with Gasteiger partial charge < -0.3 is 4.90 Å². The van der Waals surface area contributed by atoms with Crippen LogP contribution in [0.25, 0.3) is 17.0 Å². The molecule has 3 aromatic rings. The summed E-state index contributed by atoms with van der Waals surface area (Å²) in [5.41, 5.74) is 1.15. The van der Waals surface area contributed by atoms with Gasteiger partial charge in [-0.15, -0.1) is 0 Å². The summed E-state index contributed by atoms with van der Waals surface area (Å²) in [4.78, 5) is 15.1. The SMILES string of the molecule is CC1C(CS(C)(=N)=O)CCCN1c1cc(-c2cnc3ccc(C(F)F)nn23)ncn1. The van der Waals surface area contributed by atoms with E-state index in [1.807, 2.05) is 0 Å². The van der Waals surface area contributed by atoms with Gasteiger partial charge in [0, 0.05) is 40.4 Å². The van der Waals surface area contributed by atoms with E-state index in [1.165, 1.54) is 29.2 Å². The number of imidazole rings is 1. The zero-order valence-electron chi connectivity index (χ0n) is 16.7. The van der Waals surface area contributed by atoms with Crippen molar-refractivity contribution in [2.24, 2.45) is 5.92 Å². The second-order valence-electron chi connectivity index (χ2n) is 7.74. The van der Waals surface area contributed by atoms with Crippen LogP contribution in [0.15, 0.2) is 30.7 Å². The lowest BCUT2D eigenvalue weighted by Gasteiger charge is -2.40. The number of rotatable bonds is 5. The van der Waals surface area contributed by atoms with Crippen LogP contribution in [0.5, 0.6) is 0 Å². The van der Waals surface area contributed by atoms with Crippen molar-refractivity contribution in [1.82, 2.24) is 24.6 Å². The van der Waals surface area contributed by atoms with Gasteiger partial charge in [0.1, 0.15) is 23.5 Å². The lowest BCUT2D eigenvalue weighted by molar-refractivity contribution is 0.144. The van der Waals surface area contributed by atoms with Gasteiger partial charge in [0.25, 0.3) is 6.43 Å². The molecule has 1 N–H and O–H groups in total. The van der Waals surface area contributed by atoms with E-state index in [4.69, 9.17) is 4.78 Å². The van der Waals surface area contributed by atoms with Crippen molar-refractivity contribution in [2.45, 2.75) is 32.2 Å². The van der Waals surface area contributed by atoms with E-state index in [2.05, 4.69) is 31.9 Å². The molecule has 3 aromatic heterocycles. The molecule has 1 aliphatic heterocycles. The third kappa shape index (κ3) is 4.11. The number of hydrogen-bond acceptors (Lipinski definition) is 7. The van der Waals surface area contributed by atoms with Gasteiger partial charge in [-0.1, -0.05) is 0 Å². The number of piperidine rings is 1. The Bertz CT molecular complexity index is 1160. The lowest BCUT2D eigenvalue weighted by Crippen LogP contribution is -2.46. The lowest BCUT2D eigenvalue weighted by atomic mass is 9.92. The minimum absolute atomic E-state index is 0.0679.